The fourth-order valence-electron chi connectivity index (χ4n) is 2.05. The Hall–Kier alpha value is -2.73. The lowest BCUT2D eigenvalue weighted by Gasteiger charge is -2.13. The Morgan fingerprint density at radius 1 is 1.08 bits per heavy atom. The monoisotopic (exact) mass is 331 g/mol. The number of carbonyl (C=O) groups excluding carboxylic acids is 1. The van der Waals surface area contributed by atoms with Crippen LogP contribution in [0, 0.1) is 0 Å². The third kappa shape index (κ3) is 4.89. The summed E-state index contributed by atoms with van der Waals surface area (Å²) < 4.78 is 16.1. The number of rotatable bonds is 8. The van der Waals surface area contributed by atoms with Crippen LogP contribution in [0.4, 0.5) is 5.69 Å². The second-order valence-electron chi connectivity index (χ2n) is 4.94. The molecular formula is C18H21NO5. The number of ether oxygens (including phenoxy) is 3. The zero-order valence-electron chi connectivity index (χ0n) is 13.7. The molecule has 2 rings (SSSR count). The van der Waals surface area contributed by atoms with E-state index in [-0.39, 0.29) is 19.1 Å². The van der Waals surface area contributed by atoms with E-state index in [1.54, 1.807) is 49.6 Å². The topological polar surface area (TPSA) is 77.0 Å². The van der Waals surface area contributed by atoms with E-state index in [1.165, 1.54) is 0 Å². The molecule has 0 aromatic heterocycles. The minimum atomic E-state index is -0.283. The second kappa shape index (κ2) is 8.79. The largest absolute Gasteiger partial charge is 0.497 e. The summed E-state index contributed by atoms with van der Waals surface area (Å²) in [4.78, 5) is 12.0. The van der Waals surface area contributed by atoms with E-state index in [1.807, 2.05) is 6.92 Å². The van der Waals surface area contributed by atoms with Crippen LogP contribution in [-0.4, -0.2) is 31.3 Å². The lowest BCUT2D eigenvalue weighted by Crippen LogP contribution is -2.20. The Balaban J connectivity index is 1.95. The number of methoxy groups -OCH3 is 1. The van der Waals surface area contributed by atoms with Crippen LogP contribution in [0.2, 0.25) is 0 Å². The molecule has 128 valence electrons. The van der Waals surface area contributed by atoms with Gasteiger partial charge in [0, 0.05) is 5.69 Å². The first-order valence-electron chi connectivity index (χ1n) is 7.59. The van der Waals surface area contributed by atoms with Gasteiger partial charge >= 0.3 is 0 Å². The van der Waals surface area contributed by atoms with Crippen LogP contribution >= 0.6 is 0 Å². The molecule has 24 heavy (non-hydrogen) atoms. The van der Waals surface area contributed by atoms with Crippen LogP contribution in [0.15, 0.2) is 42.5 Å². The van der Waals surface area contributed by atoms with Crippen molar-refractivity contribution in [2.45, 2.75) is 13.5 Å². The zero-order chi connectivity index (χ0) is 17.4. The Morgan fingerprint density at radius 2 is 1.83 bits per heavy atom. The van der Waals surface area contributed by atoms with Crippen LogP contribution in [0.25, 0.3) is 0 Å². The first kappa shape index (κ1) is 17.6. The van der Waals surface area contributed by atoms with E-state index in [2.05, 4.69) is 5.32 Å². The maximum absolute atomic E-state index is 12.0. The minimum Gasteiger partial charge on any atom is -0.497 e. The maximum atomic E-state index is 12.0. The van der Waals surface area contributed by atoms with Gasteiger partial charge in [0.25, 0.3) is 5.91 Å². The highest BCUT2D eigenvalue weighted by atomic mass is 16.5. The van der Waals surface area contributed by atoms with Crippen molar-refractivity contribution in [1.82, 2.24) is 0 Å². The average molecular weight is 331 g/mol. The van der Waals surface area contributed by atoms with Crippen molar-refractivity contribution in [1.29, 1.82) is 0 Å². The van der Waals surface area contributed by atoms with E-state index in [4.69, 9.17) is 14.2 Å². The number of aliphatic hydroxyl groups is 1. The van der Waals surface area contributed by atoms with Crippen molar-refractivity contribution < 1.29 is 24.1 Å². The molecule has 0 fully saturated rings. The van der Waals surface area contributed by atoms with Gasteiger partial charge in [-0.3, -0.25) is 4.79 Å². The minimum absolute atomic E-state index is 0.0850. The summed E-state index contributed by atoms with van der Waals surface area (Å²) in [5.74, 6) is 1.39. The highest BCUT2D eigenvalue weighted by molar-refractivity contribution is 5.91. The van der Waals surface area contributed by atoms with E-state index in [0.717, 1.165) is 5.75 Å². The quantitative estimate of drug-likeness (QED) is 0.777. The fourth-order valence-corrected chi connectivity index (χ4v) is 2.05. The molecule has 6 heteroatoms. The molecule has 0 unspecified atom stereocenters. The fraction of sp³-hybridized carbons (Fsp3) is 0.278. The lowest BCUT2D eigenvalue weighted by molar-refractivity contribution is -0.118. The smallest absolute Gasteiger partial charge is 0.262 e. The molecule has 0 bridgehead atoms. The lowest BCUT2D eigenvalue weighted by atomic mass is 10.2. The van der Waals surface area contributed by atoms with Crippen molar-refractivity contribution in [3.8, 4) is 17.2 Å². The Morgan fingerprint density at radius 3 is 2.46 bits per heavy atom. The molecule has 2 aromatic carbocycles. The summed E-state index contributed by atoms with van der Waals surface area (Å²) in [5, 5.41) is 11.9. The van der Waals surface area contributed by atoms with Crippen LogP contribution in [0.1, 0.15) is 12.5 Å². The number of carbonyl (C=O) groups is 1. The molecule has 0 aliphatic rings. The van der Waals surface area contributed by atoms with Crippen LogP contribution in [-0.2, 0) is 11.4 Å². The van der Waals surface area contributed by atoms with E-state index in [0.29, 0.717) is 29.4 Å². The van der Waals surface area contributed by atoms with Gasteiger partial charge in [0.1, 0.15) is 5.75 Å². The first-order chi connectivity index (χ1) is 11.7. The number of nitrogens with one attached hydrogen (secondary N) is 1. The van der Waals surface area contributed by atoms with E-state index >= 15 is 0 Å². The van der Waals surface area contributed by atoms with Gasteiger partial charge in [-0.15, -0.1) is 0 Å². The van der Waals surface area contributed by atoms with Crippen molar-refractivity contribution in [2.75, 3.05) is 25.6 Å². The molecule has 0 aliphatic carbocycles. The molecule has 1 amide bonds. The molecule has 0 heterocycles. The number of hydrogen-bond acceptors (Lipinski definition) is 5. The molecule has 2 N–H and O–H groups in total. The van der Waals surface area contributed by atoms with Crippen molar-refractivity contribution in [3.05, 3.63) is 48.0 Å². The first-order valence-corrected chi connectivity index (χ1v) is 7.59. The van der Waals surface area contributed by atoms with Gasteiger partial charge in [-0.05, 0) is 48.9 Å². The molecular weight excluding hydrogens is 310 g/mol. The Bertz CT molecular complexity index is 670. The highest BCUT2D eigenvalue weighted by Crippen LogP contribution is 2.28. The zero-order valence-corrected chi connectivity index (χ0v) is 13.7. The third-order valence-electron chi connectivity index (χ3n) is 3.22. The molecule has 6 nitrogen and oxygen atoms in total. The van der Waals surface area contributed by atoms with Gasteiger partial charge in [0.15, 0.2) is 18.1 Å². The molecule has 0 aliphatic heterocycles. The number of benzene rings is 2. The predicted molar refractivity (Wildman–Crippen MR) is 90.7 cm³/mol. The van der Waals surface area contributed by atoms with Gasteiger partial charge in [-0.2, -0.15) is 0 Å². The summed E-state index contributed by atoms with van der Waals surface area (Å²) in [7, 11) is 1.58. The molecule has 0 radical (unpaired) electrons. The number of hydrogen-bond donors (Lipinski definition) is 2. The summed E-state index contributed by atoms with van der Waals surface area (Å²) in [5.41, 5.74) is 1.37. The summed E-state index contributed by atoms with van der Waals surface area (Å²) in [6, 6.07) is 12.1. The van der Waals surface area contributed by atoms with Gasteiger partial charge in [-0.1, -0.05) is 6.07 Å². The van der Waals surface area contributed by atoms with E-state index in [9.17, 15) is 9.90 Å². The number of anilines is 1. The van der Waals surface area contributed by atoms with Crippen LogP contribution in [0.5, 0.6) is 17.2 Å². The molecule has 0 saturated carbocycles. The standard InChI is InChI=1S/C18H21NO5/c1-3-23-17-10-13(11-20)4-9-16(17)24-12-18(21)19-14-5-7-15(22-2)8-6-14/h4-10,20H,3,11-12H2,1-2H3,(H,19,21). The van der Waals surface area contributed by atoms with Crippen LogP contribution < -0.4 is 19.5 Å². The molecule has 0 saturated heterocycles. The average Bonchev–Trinajstić information content (AvgIpc) is 2.61. The SMILES string of the molecule is CCOc1cc(CO)ccc1OCC(=O)Nc1ccc(OC)cc1. The number of aliphatic hydroxyl groups excluding tert-OH is 1. The van der Waals surface area contributed by atoms with Crippen molar-refractivity contribution in [3.63, 3.8) is 0 Å². The predicted octanol–water partition coefficient (Wildman–Crippen LogP) is 2.60. The molecule has 0 atom stereocenters. The summed E-state index contributed by atoms with van der Waals surface area (Å²) in [6.45, 7) is 2.08. The van der Waals surface area contributed by atoms with Gasteiger partial charge in [0.2, 0.25) is 0 Å². The maximum Gasteiger partial charge on any atom is 0.262 e. The van der Waals surface area contributed by atoms with Crippen molar-refractivity contribution in [2.24, 2.45) is 0 Å². The van der Waals surface area contributed by atoms with Gasteiger partial charge in [-0.25, -0.2) is 0 Å². The van der Waals surface area contributed by atoms with Gasteiger partial charge in [0.05, 0.1) is 20.3 Å². The molecule has 2 aromatic rings. The van der Waals surface area contributed by atoms with Crippen LogP contribution in [0.3, 0.4) is 0 Å². The highest BCUT2D eigenvalue weighted by Gasteiger charge is 2.09. The van der Waals surface area contributed by atoms with Gasteiger partial charge < -0.3 is 24.6 Å². The Labute approximate surface area is 141 Å². The Kier molecular flexibility index (Phi) is 6.45. The molecule has 0 spiro atoms. The van der Waals surface area contributed by atoms with E-state index < -0.39 is 0 Å². The second-order valence-corrected chi connectivity index (χ2v) is 4.94. The summed E-state index contributed by atoms with van der Waals surface area (Å²) >= 11 is 0. The number of amides is 1. The third-order valence-corrected chi connectivity index (χ3v) is 3.22. The van der Waals surface area contributed by atoms with Crippen molar-refractivity contribution >= 4 is 11.6 Å². The normalized spacial score (nSPS) is 10.1. The summed E-state index contributed by atoms with van der Waals surface area (Å²) in [6.07, 6.45) is 0.